The lowest BCUT2D eigenvalue weighted by molar-refractivity contribution is 0.0405. The van der Waals surface area contributed by atoms with Crippen molar-refractivity contribution in [2.75, 3.05) is 46.1 Å². The summed E-state index contributed by atoms with van der Waals surface area (Å²) in [7, 11) is 2.63. The molecular weight excluding hydrogens is 1720 g/mol. The number of aromatic hydroxyl groups is 1. The molecule has 620 valence electrons. The van der Waals surface area contributed by atoms with Crippen molar-refractivity contribution >= 4 is 163 Å². The maximum Gasteiger partial charge on any atom is 0.425 e. The number of hydrogen-bond donors (Lipinski definition) is 8. The number of carbonyl (C=O) groups is 7. The van der Waals surface area contributed by atoms with Crippen molar-refractivity contribution in [2.24, 2.45) is 0 Å². The van der Waals surface area contributed by atoms with Gasteiger partial charge in [-0.3, -0.25) is 42.5 Å². The topological polar surface area (TPSA) is 457 Å². The van der Waals surface area contributed by atoms with E-state index in [4.69, 9.17) is 51.5 Å². The van der Waals surface area contributed by atoms with Crippen molar-refractivity contribution < 1.29 is 67.1 Å². The Morgan fingerprint density at radius 2 is 0.789 bits per heavy atom. The van der Waals surface area contributed by atoms with E-state index in [-0.39, 0.29) is 113 Å². The van der Waals surface area contributed by atoms with Gasteiger partial charge in [0, 0.05) is 0 Å². The molecule has 3 aliphatic carbocycles. The number of nitrogens with zero attached hydrogens (tertiary/aromatic N) is 11. The van der Waals surface area contributed by atoms with Gasteiger partial charge >= 0.3 is 27.6 Å². The van der Waals surface area contributed by atoms with Gasteiger partial charge in [0.1, 0.15) is 86.8 Å². The predicted molar refractivity (Wildman–Crippen MR) is 443 cm³/mol. The summed E-state index contributed by atoms with van der Waals surface area (Å²) in [6.45, 7) is 25.3. The molecule has 0 saturated heterocycles. The lowest BCUT2D eigenvalue weighted by Crippen LogP contribution is -2.48. The first-order valence-corrected chi connectivity index (χ1v) is 39.5. The maximum absolute atomic E-state index is 13.9. The van der Waals surface area contributed by atoms with Gasteiger partial charge in [0.25, 0.3) is 34.4 Å². The molecule has 0 bridgehead atoms. The number of fused-ring (bicyclic) bond motifs is 6. The van der Waals surface area contributed by atoms with Gasteiger partial charge in [-0.2, -0.15) is 9.80 Å². The molecule has 7 amide bonds. The first kappa shape index (κ1) is 91.8. The maximum atomic E-state index is 13.9. The number of imide groups is 2. The van der Waals surface area contributed by atoms with Crippen LogP contribution < -0.4 is 74.0 Å². The normalized spacial score (nSPS) is 15.8. The van der Waals surface area contributed by atoms with Crippen molar-refractivity contribution in [1.29, 1.82) is 0 Å². The zero-order valence-corrected chi connectivity index (χ0v) is 73.0. The molecule has 41 heteroatoms. The molecule has 0 atom stereocenters. The number of aryl methyl sites for hydroxylation is 3. The summed E-state index contributed by atoms with van der Waals surface area (Å²) >= 11 is 15.3. The summed E-state index contributed by atoms with van der Waals surface area (Å²) in [5.41, 5.74) is 8.68. The highest BCUT2D eigenvalue weighted by Gasteiger charge is 2.49. The van der Waals surface area contributed by atoms with Crippen LogP contribution in [0.4, 0.5) is 65.3 Å². The summed E-state index contributed by atoms with van der Waals surface area (Å²) < 4.78 is 37.1. The average Bonchev–Trinajstić information content (AvgIpc) is 1.58. The second-order valence-corrected chi connectivity index (χ2v) is 38.3. The summed E-state index contributed by atoms with van der Waals surface area (Å²) in [5.74, 6) is -1.55. The zero-order chi connectivity index (χ0) is 84.0. The Bertz CT molecular complexity index is 4770. The second-order valence-electron chi connectivity index (χ2n) is 31.5. The predicted octanol–water partition coefficient (Wildman–Crippen LogP) is 13.6. The second kappa shape index (κ2) is 36.6. The molecule has 0 radical (unpaired) electrons. The van der Waals surface area contributed by atoms with Gasteiger partial charge in [-0.1, -0.05) is 30.9 Å². The first-order valence-electron chi connectivity index (χ1n) is 36.4. The highest BCUT2D eigenvalue weighted by molar-refractivity contribution is 9.69. The van der Waals surface area contributed by atoms with E-state index in [1.54, 1.807) is 129 Å². The van der Waals surface area contributed by atoms with Crippen LogP contribution in [-0.2, 0) is 35.9 Å². The van der Waals surface area contributed by atoms with Gasteiger partial charge < -0.3 is 71.6 Å². The number of amides is 7. The standard InChI is InChI=1S/C28H38N6O7.C17H20N6O3.C15H22ClN3O5.C13H17N3O2.BBr3.ClH/c1-16-14-17(23(36)34-18(16)22(35)32-28(34)12-10-9-11-13-28)31-20-19(39-8)21(30-15-29-20)33(24(37)40-26(2,3)4)25(38)41-27(5,6)7;1-9-7-10(21-14-12(24)13(18)19-8-20-14)16(26)23-11(9)15(25)22-17(23)5-3-2-4-6-17;1-14(2,3)23-12(20)19(13(21)24-15(4,5)6)11-9(22-7)10(16)17-8-18-11;1-8-7-9(14)12(18)16-10(8)11(17)15-13(16)5-3-2-4-6-13;2-1(3)4;/h14-15H,9-13H2,1-8H3,(H,32,35)(H,29,30,31);7-8,24H,2-6H2,1H3,(H,22,25)(H3,18,19,20,21);8H,1-7H3;7H,2-6,14H2,1H3,(H,15,17);;1H. The molecular formula is C73H98BBr3Cl2N18O17. The molecule has 6 aromatic rings. The third-order valence-corrected chi connectivity index (χ3v) is 18.5. The fourth-order valence-corrected chi connectivity index (χ4v) is 14.1. The van der Waals surface area contributed by atoms with Crippen molar-refractivity contribution in [1.82, 2.24) is 59.6 Å². The van der Waals surface area contributed by atoms with Crippen LogP contribution in [0.25, 0.3) is 0 Å². The van der Waals surface area contributed by atoms with Gasteiger partial charge in [0.05, 0.1) is 19.9 Å². The van der Waals surface area contributed by atoms with E-state index in [1.165, 1.54) is 20.5 Å². The molecule has 12 rings (SSSR count). The molecule has 0 aromatic carbocycles. The number of rotatable bonds is 8. The van der Waals surface area contributed by atoms with Crippen LogP contribution in [0.2, 0.25) is 5.15 Å². The fraction of sp³-hybridized carbons (Fsp3) is 0.534. The minimum atomic E-state index is -1.04. The van der Waals surface area contributed by atoms with Crippen LogP contribution in [0.15, 0.2) is 51.6 Å². The lowest BCUT2D eigenvalue weighted by atomic mass is 9.89. The number of hydrogen-bond acceptors (Lipinski definition) is 27. The van der Waals surface area contributed by atoms with Crippen LogP contribution >= 0.6 is 71.3 Å². The fourth-order valence-electron chi connectivity index (χ4n) is 13.9. The molecule has 3 saturated carbocycles. The van der Waals surface area contributed by atoms with Gasteiger partial charge in [0.2, 0.25) is 11.5 Å². The number of methoxy groups -OCH3 is 2. The highest BCUT2D eigenvalue weighted by Crippen LogP contribution is 2.43. The van der Waals surface area contributed by atoms with Crippen LogP contribution in [0, 0.1) is 20.8 Å². The zero-order valence-electron chi connectivity index (χ0n) is 66.6. The quantitative estimate of drug-likeness (QED) is 0.0398. The molecule has 114 heavy (non-hydrogen) atoms. The highest BCUT2D eigenvalue weighted by atomic mass is 79.9. The SMILES string of the molecule is BrB(Br)Br.COc1c(Cl)ncnc1N(C(=O)OC(C)(C)C)C(=O)OC(C)(C)C.COc1c(Nc2cc(C)c3n(c2=O)C2(CCCCC2)NC3=O)ncnc1N(C(=O)OC(C)(C)C)C(=O)OC(C)(C)C.Cc1cc(N)c(=O)n2c1C(=O)NC21CCCCC1.Cc1cc(Nc2ncnc(N)c2O)c(=O)n2c1C(=O)NC21CCCCC1.Cl. The van der Waals surface area contributed by atoms with E-state index in [2.05, 4.69) is 104 Å². The molecule has 3 aliphatic heterocycles. The minimum Gasteiger partial charge on any atom is -0.502 e. The molecule has 10 N–H and O–H groups in total. The molecule has 6 aromatic heterocycles. The Morgan fingerprint density at radius 1 is 0.491 bits per heavy atom. The van der Waals surface area contributed by atoms with Gasteiger partial charge in [0.15, 0.2) is 40.0 Å². The number of nitrogens with one attached hydrogen (secondary N) is 5. The number of halogens is 5. The Kier molecular flexibility index (Phi) is 29.5. The van der Waals surface area contributed by atoms with E-state index in [9.17, 15) is 53.1 Å². The van der Waals surface area contributed by atoms with Crippen molar-refractivity contribution in [3.8, 4) is 17.2 Å². The first-order chi connectivity index (χ1) is 52.6. The van der Waals surface area contributed by atoms with Crippen molar-refractivity contribution in [3.05, 3.63) is 107 Å². The van der Waals surface area contributed by atoms with Gasteiger partial charge in [-0.25, -0.2) is 49.1 Å². The summed E-state index contributed by atoms with van der Waals surface area (Å²) in [6, 6.07) is 4.75. The number of nitrogens with two attached hydrogens (primary N) is 2. The van der Waals surface area contributed by atoms with E-state index >= 15 is 0 Å². The summed E-state index contributed by atoms with van der Waals surface area (Å²) in [6.07, 6.45) is 12.8. The number of ether oxygens (including phenoxy) is 6. The number of nitrogen functional groups attached to an aromatic ring is 2. The minimum absolute atomic E-state index is 0. The van der Waals surface area contributed by atoms with Crippen LogP contribution in [0.1, 0.15) is 228 Å². The van der Waals surface area contributed by atoms with Crippen molar-refractivity contribution in [3.63, 3.8) is 0 Å². The number of carbonyl (C=O) groups excluding carboxylic acids is 7. The third-order valence-electron chi connectivity index (χ3n) is 18.2. The largest absolute Gasteiger partial charge is 0.502 e. The number of pyridine rings is 3. The van der Waals surface area contributed by atoms with Gasteiger partial charge in [-0.15, -0.1) is 59.7 Å². The number of aromatic nitrogens is 9. The molecule has 3 spiro atoms. The van der Waals surface area contributed by atoms with Crippen LogP contribution in [-0.4, -0.2) is 131 Å². The average molecular weight is 1820 g/mol. The molecule has 3 fully saturated rings. The van der Waals surface area contributed by atoms with Crippen LogP contribution in [0.3, 0.4) is 0 Å². The monoisotopic (exact) mass is 1820 g/mol. The Labute approximate surface area is 695 Å². The van der Waals surface area contributed by atoms with Gasteiger partial charge in [-0.05, 0) is 216 Å². The van der Waals surface area contributed by atoms with E-state index in [0.717, 1.165) is 102 Å². The molecule has 9 heterocycles. The smallest absolute Gasteiger partial charge is 0.425 e. The Balaban J connectivity index is 0.000000215. The lowest BCUT2D eigenvalue weighted by Gasteiger charge is -2.35. The van der Waals surface area contributed by atoms with E-state index < -0.39 is 69.3 Å². The van der Waals surface area contributed by atoms with Crippen molar-refractivity contribution in [2.45, 2.75) is 240 Å². The Hall–Kier alpha value is -9.34. The Morgan fingerprint density at radius 3 is 1.13 bits per heavy atom. The molecule has 6 aliphatic rings. The summed E-state index contributed by atoms with van der Waals surface area (Å²) in [5, 5.41) is 24.9. The third kappa shape index (κ3) is 21.2. The number of anilines is 8. The van der Waals surface area contributed by atoms with E-state index in [0.29, 0.717) is 50.9 Å². The van der Waals surface area contributed by atoms with E-state index in [1.807, 2.05) is 6.92 Å². The molecule has 0 unspecified atom stereocenters. The van der Waals surface area contributed by atoms with Crippen LogP contribution in [0.5, 0.6) is 17.2 Å². The summed E-state index contributed by atoms with van der Waals surface area (Å²) in [4.78, 5) is 153. The molecule has 35 nitrogen and oxygen atoms in total.